The summed E-state index contributed by atoms with van der Waals surface area (Å²) in [5.41, 5.74) is 2.45. The zero-order chi connectivity index (χ0) is 13.9. The fourth-order valence-electron chi connectivity index (χ4n) is 2.34. The smallest absolute Gasteiger partial charge is 0.136 e. The number of hydrogen-bond acceptors (Lipinski definition) is 2. The van der Waals surface area contributed by atoms with Crippen LogP contribution >= 0.6 is 38.5 Å². The van der Waals surface area contributed by atoms with Crippen molar-refractivity contribution in [3.8, 4) is 5.75 Å². The second-order valence-electron chi connectivity index (χ2n) is 4.81. The van der Waals surface area contributed by atoms with Crippen molar-refractivity contribution in [2.45, 2.75) is 12.5 Å². The van der Waals surface area contributed by atoms with Crippen molar-refractivity contribution in [3.05, 3.63) is 61.6 Å². The minimum absolute atomic E-state index is 0.319. The largest absolute Gasteiger partial charge is 0.491 e. The predicted molar refractivity (Wildman–Crippen MR) is 91.2 cm³/mol. The van der Waals surface area contributed by atoms with Gasteiger partial charge in [-0.25, -0.2) is 0 Å². The van der Waals surface area contributed by atoms with E-state index in [1.54, 1.807) is 0 Å². The molecule has 0 radical (unpaired) electrons. The lowest BCUT2D eigenvalue weighted by molar-refractivity contribution is 0.100. The van der Waals surface area contributed by atoms with Gasteiger partial charge in [-0.15, -0.1) is 0 Å². The molecule has 104 valence electrons. The van der Waals surface area contributed by atoms with Gasteiger partial charge in [0.05, 0.1) is 23.4 Å². The second-order valence-corrected chi connectivity index (χ2v) is 6.89. The lowest BCUT2D eigenvalue weighted by Crippen LogP contribution is -2.09. The number of rotatable bonds is 4. The summed E-state index contributed by atoms with van der Waals surface area (Å²) < 4.78 is 13.9. The number of ether oxygens (including phenoxy) is 2. The van der Waals surface area contributed by atoms with Crippen LogP contribution in [0.2, 0.25) is 0 Å². The van der Waals surface area contributed by atoms with E-state index in [1.165, 1.54) is 11.1 Å². The molecule has 2 aromatic carbocycles. The molecule has 0 amide bonds. The summed E-state index contributed by atoms with van der Waals surface area (Å²) in [6, 6.07) is 14.5. The molecule has 0 aromatic heterocycles. The molecule has 1 aliphatic heterocycles. The number of halogens is 2. The third-order valence-corrected chi connectivity index (χ3v) is 4.60. The summed E-state index contributed by atoms with van der Waals surface area (Å²) in [7, 11) is 0. The maximum absolute atomic E-state index is 5.84. The Kier molecular flexibility index (Phi) is 4.63. The Labute approximate surface area is 140 Å². The van der Waals surface area contributed by atoms with Gasteiger partial charge in [-0.3, -0.25) is 0 Å². The van der Waals surface area contributed by atoms with Crippen LogP contribution in [0.3, 0.4) is 0 Å². The molecule has 4 heteroatoms. The Morgan fingerprint density at radius 3 is 2.85 bits per heavy atom. The zero-order valence-corrected chi connectivity index (χ0v) is 14.6. The van der Waals surface area contributed by atoms with Gasteiger partial charge in [-0.2, -0.15) is 0 Å². The van der Waals surface area contributed by atoms with Crippen molar-refractivity contribution in [2.24, 2.45) is 0 Å². The fraction of sp³-hybridized carbons (Fsp3) is 0.250. The van der Waals surface area contributed by atoms with Crippen molar-refractivity contribution < 1.29 is 9.47 Å². The highest BCUT2D eigenvalue weighted by atomic mass is 127. The predicted octanol–water partition coefficient (Wildman–Crippen LogP) is 4.75. The fourth-order valence-corrected chi connectivity index (χ4v) is 4.05. The first-order valence-electron chi connectivity index (χ1n) is 6.47. The molecule has 1 aliphatic rings. The molecule has 2 nitrogen and oxygen atoms in total. The number of benzene rings is 2. The summed E-state index contributed by atoms with van der Waals surface area (Å²) in [5.74, 6) is 1.34. The maximum atomic E-state index is 5.84. The van der Waals surface area contributed by atoms with E-state index in [1.807, 2.05) is 18.2 Å². The van der Waals surface area contributed by atoms with E-state index < -0.39 is 0 Å². The van der Waals surface area contributed by atoms with Crippen molar-refractivity contribution in [3.63, 3.8) is 0 Å². The van der Waals surface area contributed by atoms with Crippen LogP contribution < -0.4 is 4.74 Å². The van der Waals surface area contributed by atoms with Crippen molar-refractivity contribution >= 4 is 38.5 Å². The van der Waals surface area contributed by atoms with Gasteiger partial charge in [0.2, 0.25) is 0 Å². The van der Waals surface area contributed by atoms with Crippen LogP contribution in [-0.4, -0.2) is 13.2 Å². The Morgan fingerprint density at radius 2 is 2.05 bits per heavy atom. The lowest BCUT2D eigenvalue weighted by Gasteiger charge is -2.10. The highest BCUT2D eigenvalue weighted by Gasteiger charge is 2.26. The topological polar surface area (TPSA) is 18.5 Å². The number of hydrogen-bond donors (Lipinski definition) is 0. The first-order chi connectivity index (χ1) is 9.74. The van der Waals surface area contributed by atoms with Gasteiger partial charge in [0.1, 0.15) is 5.75 Å². The molecule has 0 saturated heterocycles. The van der Waals surface area contributed by atoms with Gasteiger partial charge in [-0.1, -0.05) is 46.3 Å². The summed E-state index contributed by atoms with van der Waals surface area (Å²) in [4.78, 5) is 0. The molecule has 0 spiro atoms. The van der Waals surface area contributed by atoms with E-state index in [-0.39, 0.29) is 0 Å². The van der Waals surface area contributed by atoms with E-state index in [9.17, 15) is 0 Å². The highest BCUT2D eigenvalue weighted by Crippen LogP contribution is 2.39. The molecular formula is C16H14BrIO2. The highest BCUT2D eigenvalue weighted by molar-refractivity contribution is 14.1. The minimum atomic E-state index is 0.319. The Morgan fingerprint density at radius 1 is 1.25 bits per heavy atom. The minimum Gasteiger partial charge on any atom is -0.491 e. The van der Waals surface area contributed by atoms with Crippen molar-refractivity contribution in [1.82, 2.24) is 0 Å². The normalized spacial score (nSPS) is 16.8. The molecule has 1 heterocycles. The molecule has 0 saturated carbocycles. The third-order valence-electron chi connectivity index (χ3n) is 3.34. The standard InChI is InChI=1S/C16H14BrIO2/c17-13-6-14-12(10-20-16(14)15(18)7-13)9-19-8-11-4-2-1-3-5-11/h1-7,12H,8-10H2. The maximum Gasteiger partial charge on any atom is 0.136 e. The van der Waals surface area contributed by atoms with Crippen LogP contribution in [0.4, 0.5) is 0 Å². The molecule has 3 rings (SSSR count). The Bertz CT molecular complexity index is 601. The van der Waals surface area contributed by atoms with E-state index in [2.05, 4.69) is 62.8 Å². The van der Waals surface area contributed by atoms with Gasteiger partial charge < -0.3 is 9.47 Å². The monoisotopic (exact) mass is 444 g/mol. The quantitative estimate of drug-likeness (QED) is 0.633. The van der Waals surface area contributed by atoms with Crippen LogP contribution in [0.25, 0.3) is 0 Å². The second kappa shape index (κ2) is 6.45. The van der Waals surface area contributed by atoms with Crippen LogP contribution in [0.1, 0.15) is 17.0 Å². The summed E-state index contributed by atoms with van der Waals surface area (Å²) in [6.07, 6.45) is 0. The van der Waals surface area contributed by atoms with Crippen LogP contribution in [0.5, 0.6) is 5.75 Å². The summed E-state index contributed by atoms with van der Waals surface area (Å²) in [5, 5.41) is 0. The van der Waals surface area contributed by atoms with Gasteiger partial charge in [0, 0.05) is 16.0 Å². The first-order valence-corrected chi connectivity index (χ1v) is 8.34. The van der Waals surface area contributed by atoms with E-state index >= 15 is 0 Å². The average Bonchev–Trinajstić information content (AvgIpc) is 2.83. The summed E-state index contributed by atoms with van der Waals surface area (Å²) >= 11 is 5.86. The molecule has 0 N–H and O–H groups in total. The van der Waals surface area contributed by atoms with E-state index in [4.69, 9.17) is 9.47 Å². The molecule has 0 aliphatic carbocycles. The molecular weight excluding hydrogens is 431 g/mol. The van der Waals surface area contributed by atoms with E-state index in [0.717, 1.165) is 13.8 Å². The summed E-state index contributed by atoms with van der Waals surface area (Å²) in [6.45, 7) is 2.04. The average molecular weight is 445 g/mol. The molecule has 0 fully saturated rings. The molecule has 20 heavy (non-hydrogen) atoms. The van der Waals surface area contributed by atoms with Gasteiger partial charge in [-0.05, 0) is 40.3 Å². The van der Waals surface area contributed by atoms with E-state index in [0.29, 0.717) is 25.7 Å². The number of fused-ring (bicyclic) bond motifs is 1. The lowest BCUT2D eigenvalue weighted by atomic mass is 10.0. The Hall–Kier alpha value is -0.590. The molecule has 0 bridgehead atoms. The van der Waals surface area contributed by atoms with Gasteiger partial charge in [0.15, 0.2) is 0 Å². The molecule has 1 atom stereocenters. The van der Waals surface area contributed by atoms with Crippen LogP contribution in [-0.2, 0) is 11.3 Å². The van der Waals surface area contributed by atoms with Gasteiger partial charge >= 0.3 is 0 Å². The zero-order valence-electron chi connectivity index (χ0n) is 10.8. The Balaban J connectivity index is 1.64. The van der Waals surface area contributed by atoms with Crippen molar-refractivity contribution in [2.75, 3.05) is 13.2 Å². The SMILES string of the molecule is Brc1cc(I)c2c(c1)C(COCc1ccccc1)CO2. The van der Waals surface area contributed by atoms with Gasteiger partial charge in [0.25, 0.3) is 0 Å². The molecule has 2 aromatic rings. The van der Waals surface area contributed by atoms with Crippen LogP contribution in [0, 0.1) is 3.57 Å². The van der Waals surface area contributed by atoms with Crippen LogP contribution in [0.15, 0.2) is 46.9 Å². The van der Waals surface area contributed by atoms with Crippen molar-refractivity contribution in [1.29, 1.82) is 0 Å². The first kappa shape index (κ1) is 14.4. The third kappa shape index (κ3) is 3.18. The molecule has 1 unspecified atom stereocenters.